The second-order valence-corrected chi connectivity index (χ2v) is 21.4. The fourth-order valence-corrected chi connectivity index (χ4v) is 6.77. The largest absolute Gasteiger partial charge is 0.0776 e. The summed E-state index contributed by atoms with van der Waals surface area (Å²) in [4.78, 5) is 0. The van der Waals surface area contributed by atoms with Crippen LogP contribution in [0.5, 0.6) is 0 Å². The Hall–Kier alpha value is -1.39. The highest BCUT2D eigenvalue weighted by atomic mass is 28.3. The standard InChI is InChI=1S/C26H38Si2/c1-18(2)12-20-13-21-11-10-19(3)26(25(21)14-20)22-15-23(27(4,5)6)17-24(16-22)28(7,8)9/h10-11,14-18H,12-13H2,1-9H3. The van der Waals surface area contributed by atoms with Crippen LogP contribution in [0.4, 0.5) is 0 Å². The van der Waals surface area contributed by atoms with Crippen LogP contribution in [-0.4, -0.2) is 16.1 Å². The smallest absolute Gasteiger partial charge is 0.0656 e. The van der Waals surface area contributed by atoms with E-state index in [0.29, 0.717) is 0 Å². The Bertz CT molecular complexity index is 886. The van der Waals surface area contributed by atoms with Gasteiger partial charge in [0.25, 0.3) is 0 Å². The predicted molar refractivity (Wildman–Crippen MR) is 134 cm³/mol. The van der Waals surface area contributed by atoms with Gasteiger partial charge in [0.1, 0.15) is 0 Å². The van der Waals surface area contributed by atoms with Crippen molar-refractivity contribution in [1.82, 2.24) is 0 Å². The molecule has 0 saturated carbocycles. The van der Waals surface area contributed by atoms with Crippen molar-refractivity contribution in [2.24, 2.45) is 5.92 Å². The Morgan fingerprint density at radius 2 is 1.43 bits per heavy atom. The van der Waals surface area contributed by atoms with Gasteiger partial charge < -0.3 is 0 Å². The van der Waals surface area contributed by atoms with E-state index < -0.39 is 16.1 Å². The molecule has 0 fully saturated rings. The zero-order chi connectivity index (χ0) is 20.9. The highest BCUT2D eigenvalue weighted by Gasteiger charge is 2.25. The van der Waals surface area contributed by atoms with Gasteiger partial charge in [-0.05, 0) is 53.5 Å². The van der Waals surface area contributed by atoms with Gasteiger partial charge in [-0.15, -0.1) is 0 Å². The summed E-state index contributed by atoms with van der Waals surface area (Å²) in [6.45, 7) is 21.8. The molecule has 0 heterocycles. The third kappa shape index (κ3) is 4.44. The van der Waals surface area contributed by atoms with E-state index in [9.17, 15) is 0 Å². The fraction of sp³-hybridized carbons (Fsp3) is 0.462. The second-order valence-electron chi connectivity index (χ2n) is 11.2. The Morgan fingerprint density at radius 1 is 0.857 bits per heavy atom. The Kier molecular flexibility index (Phi) is 5.68. The SMILES string of the molecule is Cc1ccc2c(c1-c1cc([Si](C)(C)C)cc([Si](C)(C)C)c1)C=C(CC(C)C)C2. The summed E-state index contributed by atoms with van der Waals surface area (Å²) in [5, 5.41) is 3.20. The van der Waals surface area contributed by atoms with Crippen molar-refractivity contribution in [2.45, 2.75) is 72.9 Å². The Balaban J connectivity index is 2.23. The van der Waals surface area contributed by atoms with Crippen LogP contribution >= 0.6 is 0 Å². The molecule has 1 aliphatic carbocycles. The molecule has 0 saturated heterocycles. The molecule has 0 bridgehead atoms. The number of rotatable bonds is 5. The molecule has 0 nitrogen and oxygen atoms in total. The minimum absolute atomic E-state index is 0.721. The van der Waals surface area contributed by atoms with Gasteiger partial charge in [-0.3, -0.25) is 0 Å². The van der Waals surface area contributed by atoms with E-state index in [1.54, 1.807) is 15.9 Å². The Morgan fingerprint density at radius 3 is 1.93 bits per heavy atom. The molecule has 3 rings (SSSR count). The molecule has 2 heteroatoms. The van der Waals surface area contributed by atoms with Crippen molar-refractivity contribution in [3.63, 3.8) is 0 Å². The molecule has 0 spiro atoms. The molecule has 0 aliphatic heterocycles. The van der Waals surface area contributed by atoms with Gasteiger partial charge in [-0.2, -0.15) is 0 Å². The number of fused-ring (bicyclic) bond motifs is 1. The van der Waals surface area contributed by atoms with Gasteiger partial charge in [-0.1, -0.05) is 105 Å². The number of hydrogen-bond acceptors (Lipinski definition) is 0. The zero-order valence-electron chi connectivity index (χ0n) is 19.5. The first-order chi connectivity index (χ1) is 12.9. The molecule has 28 heavy (non-hydrogen) atoms. The maximum atomic E-state index is 2.54. The molecule has 0 atom stereocenters. The number of aryl methyl sites for hydroxylation is 1. The summed E-state index contributed by atoms with van der Waals surface area (Å²) in [5.74, 6) is 0.721. The van der Waals surface area contributed by atoms with Gasteiger partial charge in [0, 0.05) is 0 Å². The quantitative estimate of drug-likeness (QED) is 0.482. The molecule has 150 valence electrons. The van der Waals surface area contributed by atoms with E-state index in [-0.39, 0.29) is 0 Å². The maximum absolute atomic E-state index is 2.54. The lowest BCUT2D eigenvalue weighted by Crippen LogP contribution is -2.45. The van der Waals surface area contributed by atoms with Crippen LogP contribution in [0.1, 0.15) is 37.0 Å². The maximum Gasteiger partial charge on any atom is 0.0776 e. The van der Waals surface area contributed by atoms with E-state index in [2.05, 4.69) is 96.5 Å². The van der Waals surface area contributed by atoms with Crippen molar-refractivity contribution in [3.05, 3.63) is 52.6 Å². The second kappa shape index (κ2) is 7.46. The van der Waals surface area contributed by atoms with Gasteiger partial charge in [0.05, 0.1) is 16.1 Å². The van der Waals surface area contributed by atoms with Crippen LogP contribution in [0.25, 0.3) is 17.2 Å². The third-order valence-electron chi connectivity index (χ3n) is 5.93. The minimum atomic E-state index is -1.38. The van der Waals surface area contributed by atoms with Crippen molar-refractivity contribution in [3.8, 4) is 11.1 Å². The summed E-state index contributed by atoms with van der Waals surface area (Å²) in [6, 6.07) is 12.3. The van der Waals surface area contributed by atoms with E-state index >= 15 is 0 Å². The molecule has 2 aromatic rings. The van der Waals surface area contributed by atoms with E-state index in [4.69, 9.17) is 0 Å². The topological polar surface area (TPSA) is 0 Å². The van der Waals surface area contributed by atoms with Crippen molar-refractivity contribution < 1.29 is 0 Å². The molecule has 0 N–H and O–H groups in total. The molecule has 0 aromatic heterocycles. The minimum Gasteiger partial charge on any atom is -0.0656 e. The molecule has 2 aromatic carbocycles. The molecule has 0 radical (unpaired) electrons. The molecular weight excluding hydrogens is 368 g/mol. The molecule has 0 unspecified atom stereocenters. The average Bonchev–Trinajstić information content (AvgIpc) is 2.94. The average molecular weight is 407 g/mol. The summed E-state index contributed by atoms with van der Waals surface area (Å²) < 4.78 is 0. The van der Waals surface area contributed by atoms with E-state index in [1.807, 2.05) is 0 Å². The summed E-state index contributed by atoms with van der Waals surface area (Å²) in [5.41, 5.74) is 8.96. The van der Waals surface area contributed by atoms with Gasteiger partial charge >= 0.3 is 0 Å². The van der Waals surface area contributed by atoms with Gasteiger partial charge in [-0.25, -0.2) is 0 Å². The van der Waals surface area contributed by atoms with Crippen LogP contribution in [0.3, 0.4) is 0 Å². The predicted octanol–water partition coefficient (Wildman–Crippen LogP) is 6.74. The van der Waals surface area contributed by atoms with Gasteiger partial charge in [0.15, 0.2) is 0 Å². The number of hydrogen-bond donors (Lipinski definition) is 0. The number of benzene rings is 2. The molecular formula is C26H38Si2. The Labute approximate surface area is 175 Å². The number of allylic oxidation sites excluding steroid dienone is 1. The fourth-order valence-electron chi connectivity index (χ4n) is 4.27. The molecule has 0 amide bonds. The zero-order valence-corrected chi connectivity index (χ0v) is 21.5. The first kappa shape index (κ1) is 21.3. The van der Waals surface area contributed by atoms with Crippen LogP contribution < -0.4 is 10.4 Å². The van der Waals surface area contributed by atoms with Crippen molar-refractivity contribution in [2.75, 3.05) is 0 Å². The van der Waals surface area contributed by atoms with Crippen molar-refractivity contribution >= 4 is 32.6 Å². The van der Waals surface area contributed by atoms with E-state index in [1.165, 1.54) is 34.2 Å². The summed E-state index contributed by atoms with van der Waals surface area (Å²) in [6.07, 6.45) is 4.85. The lowest BCUT2D eigenvalue weighted by Gasteiger charge is -2.25. The molecule has 1 aliphatic rings. The monoisotopic (exact) mass is 406 g/mol. The van der Waals surface area contributed by atoms with Gasteiger partial charge in [0.2, 0.25) is 0 Å². The summed E-state index contributed by atoms with van der Waals surface area (Å²) >= 11 is 0. The van der Waals surface area contributed by atoms with Crippen LogP contribution in [0.2, 0.25) is 39.3 Å². The lowest BCUT2D eigenvalue weighted by atomic mass is 9.93. The highest BCUT2D eigenvalue weighted by molar-refractivity contribution is 6.91. The van der Waals surface area contributed by atoms with Crippen LogP contribution in [-0.2, 0) is 6.42 Å². The lowest BCUT2D eigenvalue weighted by molar-refractivity contribution is 0.638. The summed E-state index contributed by atoms with van der Waals surface area (Å²) in [7, 11) is -2.76. The van der Waals surface area contributed by atoms with E-state index in [0.717, 1.165) is 12.3 Å². The van der Waals surface area contributed by atoms with Crippen LogP contribution in [0, 0.1) is 12.8 Å². The van der Waals surface area contributed by atoms with Crippen LogP contribution in [0.15, 0.2) is 35.9 Å². The third-order valence-corrected chi connectivity index (χ3v) is 9.98. The highest BCUT2D eigenvalue weighted by Crippen LogP contribution is 2.38. The van der Waals surface area contributed by atoms with Crippen molar-refractivity contribution in [1.29, 1.82) is 0 Å². The normalized spacial score (nSPS) is 14.4. The first-order valence-electron chi connectivity index (χ1n) is 10.8. The first-order valence-corrected chi connectivity index (χ1v) is 17.8.